The Labute approximate surface area is 146 Å². The Morgan fingerprint density at radius 2 is 2.08 bits per heavy atom. The molecule has 1 aliphatic heterocycles. The van der Waals surface area contributed by atoms with Crippen LogP contribution in [0.25, 0.3) is 0 Å². The third-order valence-electron chi connectivity index (χ3n) is 4.59. The smallest absolute Gasteiger partial charge is 0.237 e. The van der Waals surface area contributed by atoms with Crippen LogP contribution < -0.4 is 4.74 Å². The van der Waals surface area contributed by atoms with E-state index >= 15 is 0 Å². The molecular weight excluding hydrogens is 314 g/mol. The van der Waals surface area contributed by atoms with Crippen LogP contribution in [-0.4, -0.2) is 38.2 Å². The fourth-order valence-corrected chi connectivity index (χ4v) is 3.34. The van der Waals surface area contributed by atoms with Crippen molar-refractivity contribution in [1.82, 2.24) is 25.1 Å². The Balaban J connectivity index is 1.36. The summed E-state index contributed by atoms with van der Waals surface area (Å²) in [5.41, 5.74) is 2.61. The number of benzene rings is 1. The quantitative estimate of drug-likeness (QED) is 0.774. The summed E-state index contributed by atoms with van der Waals surface area (Å²) in [6.07, 6.45) is 11.3. The van der Waals surface area contributed by atoms with Gasteiger partial charge in [0.1, 0.15) is 5.75 Å². The van der Waals surface area contributed by atoms with Gasteiger partial charge in [0.05, 0.1) is 12.4 Å². The molecule has 0 amide bonds. The van der Waals surface area contributed by atoms with Crippen LogP contribution in [0.15, 0.2) is 55.2 Å². The fraction of sp³-hybridized carbons (Fsp3) is 0.316. The molecule has 1 N–H and O–H groups in total. The molecule has 6 heteroatoms. The van der Waals surface area contributed by atoms with E-state index in [9.17, 15) is 0 Å². The second kappa shape index (κ2) is 7.44. The highest BCUT2D eigenvalue weighted by Crippen LogP contribution is 2.27. The average Bonchev–Trinajstić information content (AvgIpc) is 3.19. The van der Waals surface area contributed by atoms with Gasteiger partial charge >= 0.3 is 0 Å². The molecular formula is C19H21N5O. The number of nitrogens with one attached hydrogen (secondary N) is 1. The lowest BCUT2D eigenvalue weighted by atomic mass is 9.92. The predicted molar refractivity (Wildman–Crippen MR) is 94.4 cm³/mol. The van der Waals surface area contributed by atoms with E-state index in [1.807, 2.05) is 24.5 Å². The highest BCUT2D eigenvalue weighted by atomic mass is 16.5. The van der Waals surface area contributed by atoms with Gasteiger partial charge in [0, 0.05) is 31.7 Å². The van der Waals surface area contributed by atoms with Gasteiger partial charge in [-0.2, -0.15) is 5.10 Å². The number of hydrogen-bond donors (Lipinski definition) is 1. The number of rotatable bonds is 5. The number of piperidine rings is 1. The first-order chi connectivity index (χ1) is 12.4. The number of nitrogens with zero attached hydrogens (tertiary/aromatic N) is 4. The Bertz CT molecular complexity index is 773. The summed E-state index contributed by atoms with van der Waals surface area (Å²) in [5.74, 6) is 1.86. The average molecular weight is 335 g/mol. The molecule has 6 nitrogen and oxygen atoms in total. The van der Waals surface area contributed by atoms with E-state index in [-0.39, 0.29) is 0 Å². The number of ether oxygens (including phenoxy) is 1. The lowest BCUT2D eigenvalue weighted by Gasteiger charge is -2.32. The summed E-state index contributed by atoms with van der Waals surface area (Å²) < 4.78 is 5.69. The minimum atomic E-state index is 0.509. The molecule has 3 heterocycles. The van der Waals surface area contributed by atoms with E-state index in [4.69, 9.17) is 4.74 Å². The molecule has 25 heavy (non-hydrogen) atoms. The third kappa shape index (κ3) is 4.03. The number of aromatic amines is 1. The lowest BCUT2D eigenvalue weighted by Crippen LogP contribution is -2.33. The topological polar surface area (TPSA) is 66.9 Å². The molecule has 1 fully saturated rings. The number of likely N-dealkylation sites (tertiary alicyclic amines) is 1. The van der Waals surface area contributed by atoms with Crippen LogP contribution in [0, 0.1) is 0 Å². The Morgan fingerprint density at radius 1 is 1.16 bits per heavy atom. The van der Waals surface area contributed by atoms with Crippen molar-refractivity contribution in [3.05, 3.63) is 66.4 Å². The van der Waals surface area contributed by atoms with Gasteiger partial charge in [-0.3, -0.25) is 15.0 Å². The maximum Gasteiger partial charge on any atom is 0.237 e. The van der Waals surface area contributed by atoms with E-state index < -0.39 is 0 Å². The minimum Gasteiger partial charge on any atom is -0.438 e. The SMILES string of the molecule is c1cnc(Oc2ccc(CN3CCC[C@@H](c4cn[nH]c4)C3)cc2)cn1. The molecule has 0 saturated carbocycles. The summed E-state index contributed by atoms with van der Waals surface area (Å²) in [5, 5.41) is 7.01. The van der Waals surface area contributed by atoms with Crippen molar-refractivity contribution in [2.24, 2.45) is 0 Å². The molecule has 3 aromatic rings. The van der Waals surface area contributed by atoms with Crippen LogP contribution in [-0.2, 0) is 6.54 Å². The molecule has 1 aliphatic rings. The molecule has 0 aliphatic carbocycles. The molecule has 0 unspecified atom stereocenters. The van der Waals surface area contributed by atoms with Gasteiger partial charge < -0.3 is 4.74 Å². The summed E-state index contributed by atoms with van der Waals surface area (Å²) in [6, 6.07) is 8.21. The van der Waals surface area contributed by atoms with E-state index in [0.717, 1.165) is 25.4 Å². The Morgan fingerprint density at radius 3 is 2.84 bits per heavy atom. The Kier molecular flexibility index (Phi) is 4.70. The summed E-state index contributed by atoms with van der Waals surface area (Å²) in [7, 11) is 0. The van der Waals surface area contributed by atoms with Gasteiger partial charge in [-0.05, 0) is 48.6 Å². The monoisotopic (exact) mass is 335 g/mol. The fourth-order valence-electron chi connectivity index (χ4n) is 3.34. The number of H-pyrrole nitrogens is 1. The molecule has 0 radical (unpaired) electrons. The zero-order valence-electron chi connectivity index (χ0n) is 14.0. The maximum absolute atomic E-state index is 5.69. The van der Waals surface area contributed by atoms with Crippen LogP contribution >= 0.6 is 0 Å². The summed E-state index contributed by atoms with van der Waals surface area (Å²) in [4.78, 5) is 10.6. The van der Waals surface area contributed by atoms with Crippen LogP contribution in [0.1, 0.15) is 29.9 Å². The van der Waals surface area contributed by atoms with Gasteiger partial charge in [0.25, 0.3) is 0 Å². The third-order valence-corrected chi connectivity index (χ3v) is 4.59. The van der Waals surface area contributed by atoms with E-state index in [1.54, 1.807) is 18.6 Å². The summed E-state index contributed by atoms with van der Waals surface area (Å²) in [6.45, 7) is 3.18. The molecule has 1 saturated heterocycles. The van der Waals surface area contributed by atoms with Crippen LogP contribution in [0.2, 0.25) is 0 Å². The zero-order valence-corrected chi connectivity index (χ0v) is 14.0. The molecule has 2 aromatic heterocycles. The van der Waals surface area contributed by atoms with Crippen LogP contribution in [0.5, 0.6) is 11.6 Å². The largest absolute Gasteiger partial charge is 0.438 e. The van der Waals surface area contributed by atoms with Gasteiger partial charge in [0.2, 0.25) is 5.88 Å². The van der Waals surface area contributed by atoms with E-state index in [0.29, 0.717) is 11.8 Å². The van der Waals surface area contributed by atoms with E-state index in [1.165, 1.54) is 24.0 Å². The highest BCUT2D eigenvalue weighted by Gasteiger charge is 2.21. The zero-order chi connectivity index (χ0) is 16.9. The minimum absolute atomic E-state index is 0.509. The first kappa shape index (κ1) is 15.8. The Hall–Kier alpha value is -2.73. The van der Waals surface area contributed by atoms with Crippen molar-refractivity contribution in [2.75, 3.05) is 13.1 Å². The van der Waals surface area contributed by atoms with Gasteiger partial charge in [-0.15, -0.1) is 0 Å². The maximum atomic E-state index is 5.69. The standard InChI is InChI=1S/C19H21N5O/c1-2-16(17-10-22-23-11-17)14-24(9-1)13-15-3-5-18(6-4-15)25-19-12-20-7-8-21-19/h3-8,10-12,16H,1-2,9,13-14H2,(H,22,23)/t16-/m1/s1. The number of aromatic nitrogens is 4. The summed E-state index contributed by atoms with van der Waals surface area (Å²) >= 11 is 0. The van der Waals surface area contributed by atoms with Crippen molar-refractivity contribution < 1.29 is 4.74 Å². The molecule has 0 spiro atoms. The van der Waals surface area contributed by atoms with Crippen molar-refractivity contribution >= 4 is 0 Å². The molecule has 1 aromatic carbocycles. The van der Waals surface area contributed by atoms with E-state index in [2.05, 4.69) is 37.2 Å². The second-order valence-corrected chi connectivity index (χ2v) is 6.40. The predicted octanol–water partition coefficient (Wildman–Crippen LogP) is 3.37. The van der Waals surface area contributed by atoms with Gasteiger partial charge in [0.15, 0.2) is 0 Å². The number of hydrogen-bond acceptors (Lipinski definition) is 5. The first-order valence-electron chi connectivity index (χ1n) is 8.61. The van der Waals surface area contributed by atoms with Crippen molar-refractivity contribution in [3.63, 3.8) is 0 Å². The van der Waals surface area contributed by atoms with Crippen molar-refractivity contribution in [3.8, 4) is 11.6 Å². The highest BCUT2D eigenvalue weighted by molar-refractivity contribution is 5.30. The van der Waals surface area contributed by atoms with Gasteiger partial charge in [-0.25, -0.2) is 4.98 Å². The first-order valence-corrected chi connectivity index (χ1v) is 8.61. The van der Waals surface area contributed by atoms with Crippen molar-refractivity contribution in [2.45, 2.75) is 25.3 Å². The molecule has 1 atom stereocenters. The van der Waals surface area contributed by atoms with Crippen LogP contribution in [0.4, 0.5) is 0 Å². The second-order valence-electron chi connectivity index (χ2n) is 6.40. The van der Waals surface area contributed by atoms with Gasteiger partial charge in [-0.1, -0.05) is 12.1 Å². The molecule has 128 valence electrons. The van der Waals surface area contributed by atoms with Crippen molar-refractivity contribution in [1.29, 1.82) is 0 Å². The molecule has 0 bridgehead atoms. The lowest BCUT2D eigenvalue weighted by molar-refractivity contribution is 0.200. The van der Waals surface area contributed by atoms with Crippen LogP contribution in [0.3, 0.4) is 0 Å². The normalized spacial score (nSPS) is 18.2. The molecule has 4 rings (SSSR count).